The first-order chi connectivity index (χ1) is 28.2. The van der Waals surface area contributed by atoms with E-state index in [9.17, 15) is 5.11 Å². The van der Waals surface area contributed by atoms with E-state index in [4.69, 9.17) is 9.97 Å². The quantitative estimate of drug-likeness (QED) is 0.176. The van der Waals surface area contributed by atoms with Gasteiger partial charge in [0.05, 0.1) is 22.3 Å². The van der Waals surface area contributed by atoms with Crippen LogP contribution in [0.5, 0.6) is 5.75 Å². The molecule has 0 atom stereocenters. The van der Waals surface area contributed by atoms with Crippen LogP contribution < -0.4 is 0 Å². The van der Waals surface area contributed by atoms with Crippen LogP contribution in [0.2, 0.25) is 0 Å². The predicted molar refractivity (Wildman–Crippen MR) is 238 cm³/mol. The third-order valence-corrected chi connectivity index (χ3v) is 12.3. The van der Waals surface area contributed by atoms with Gasteiger partial charge in [-0.15, -0.1) is 0 Å². The van der Waals surface area contributed by atoms with E-state index in [0.717, 1.165) is 50.2 Å². The minimum absolute atomic E-state index is 0.115. The Hall–Kier alpha value is -7.04. The van der Waals surface area contributed by atoms with E-state index < -0.39 is 0 Å². The van der Waals surface area contributed by atoms with Gasteiger partial charge in [-0.3, -0.25) is 9.55 Å². The Labute approximate surface area is 339 Å². The van der Waals surface area contributed by atoms with Crippen LogP contribution in [-0.4, -0.2) is 19.6 Å². The number of imidazole rings is 1. The number of aromatic nitrogens is 3. The number of phenolic OH excluding ortho intramolecular Hbond substituents is 1. The van der Waals surface area contributed by atoms with Crippen LogP contribution in [-0.2, 0) is 10.8 Å². The summed E-state index contributed by atoms with van der Waals surface area (Å²) in [4.78, 5) is 10.4. The fraction of sp³-hybridized carbons (Fsp3) is 0.111. The molecule has 0 spiro atoms. The van der Waals surface area contributed by atoms with Crippen LogP contribution in [0.4, 0.5) is 0 Å². The fourth-order valence-electron chi connectivity index (χ4n) is 9.04. The lowest BCUT2D eigenvalue weighted by Gasteiger charge is -2.26. The molecular weight excluding hydrogens is 707 g/mol. The van der Waals surface area contributed by atoms with Gasteiger partial charge < -0.3 is 5.11 Å². The Bertz CT molecular complexity index is 2990. The van der Waals surface area contributed by atoms with Crippen LogP contribution >= 0.6 is 0 Å². The maximum absolute atomic E-state index is 11.1. The van der Waals surface area contributed by atoms with Crippen molar-refractivity contribution < 1.29 is 5.11 Å². The molecule has 7 aromatic carbocycles. The van der Waals surface area contributed by atoms with Crippen molar-refractivity contribution in [3.8, 4) is 67.5 Å². The second-order valence-corrected chi connectivity index (χ2v) is 16.4. The summed E-state index contributed by atoms with van der Waals surface area (Å²) in [6.07, 6.45) is 1.93. The molecule has 1 N–H and O–H groups in total. The summed E-state index contributed by atoms with van der Waals surface area (Å²) in [7, 11) is 0. The maximum Gasteiger partial charge on any atom is 0.149 e. The fourth-order valence-corrected chi connectivity index (χ4v) is 9.04. The molecule has 4 heteroatoms. The maximum atomic E-state index is 11.1. The third kappa shape index (κ3) is 5.67. The van der Waals surface area contributed by atoms with Crippen molar-refractivity contribution in [3.63, 3.8) is 0 Å². The van der Waals surface area contributed by atoms with Gasteiger partial charge in [0.2, 0.25) is 0 Å². The Morgan fingerprint density at radius 3 is 1.95 bits per heavy atom. The van der Waals surface area contributed by atoms with Crippen LogP contribution in [0.25, 0.3) is 72.7 Å². The molecule has 280 valence electrons. The van der Waals surface area contributed by atoms with Gasteiger partial charge in [-0.1, -0.05) is 149 Å². The second kappa shape index (κ2) is 13.6. The zero-order chi connectivity index (χ0) is 39.6. The number of benzene rings is 7. The molecule has 1 aliphatic carbocycles. The Balaban J connectivity index is 1.16. The van der Waals surface area contributed by atoms with Crippen molar-refractivity contribution in [2.45, 2.75) is 38.5 Å². The summed E-state index contributed by atoms with van der Waals surface area (Å²) < 4.78 is 2.16. The van der Waals surface area contributed by atoms with Gasteiger partial charge in [-0.05, 0) is 105 Å². The number of fused-ring (bicyclic) bond motifs is 4. The number of hydrogen-bond acceptors (Lipinski definition) is 3. The van der Waals surface area contributed by atoms with E-state index in [1.165, 1.54) is 33.4 Å². The molecule has 2 aromatic heterocycles. The summed E-state index contributed by atoms with van der Waals surface area (Å²) in [6.45, 7) is 9.22. The number of para-hydroxylation sites is 3. The summed E-state index contributed by atoms with van der Waals surface area (Å²) in [5.74, 6) is 0.878. The zero-order valence-electron chi connectivity index (χ0n) is 33.1. The van der Waals surface area contributed by atoms with Crippen molar-refractivity contribution in [2.75, 3.05) is 0 Å². The molecule has 0 amide bonds. The molecule has 9 aromatic rings. The SMILES string of the molecule is CC(C)(c1ccccc1)c1ccc(-c2ccnc(-c3cc(-c4cccc5c4nc(-c4ccccc4O)n5-c4ccccc4)c4c(c3)C(C)(C)c3ccccc3-4)c2)cc1. The summed E-state index contributed by atoms with van der Waals surface area (Å²) in [5.41, 5.74) is 17.1. The van der Waals surface area contributed by atoms with E-state index in [2.05, 4.69) is 166 Å². The number of aromatic hydroxyl groups is 1. The summed E-state index contributed by atoms with van der Waals surface area (Å²) in [5, 5.41) is 11.1. The van der Waals surface area contributed by atoms with Crippen molar-refractivity contribution in [3.05, 3.63) is 204 Å². The molecule has 2 heterocycles. The third-order valence-electron chi connectivity index (χ3n) is 12.3. The number of rotatable bonds is 7. The number of nitrogens with zero attached hydrogens (tertiary/aromatic N) is 3. The van der Waals surface area contributed by atoms with E-state index in [0.29, 0.717) is 11.4 Å². The lowest BCUT2D eigenvalue weighted by atomic mass is 9.78. The van der Waals surface area contributed by atoms with Gasteiger partial charge in [-0.2, -0.15) is 0 Å². The van der Waals surface area contributed by atoms with Crippen LogP contribution in [0.3, 0.4) is 0 Å². The Kier molecular flexibility index (Phi) is 8.27. The average molecular weight is 750 g/mol. The van der Waals surface area contributed by atoms with Crippen LogP contribution in [0.1, 0.15) is 49.9 Å². The minimum Gasteiger partial charge on any atom is -0.507 e. The molecule has 0 radical (unpaired) electrons. The Morgan fingerprint density at radius 1 is 0.534 bits per heavy atom. The first-order valence-corrected chi connectivity index (χ1v) is 20.0. The lowest BCUT2D eigenvalue weighted by Crippen LogP contribution is -2.18. The molecule has 0 saturated carbocycles. The molecule has 58 heavy (non-hydrogen) atoms. The van der Waals surface area contributed by atoms with Crippen LogP contribution in [0, 0.1) is 0 Å². The highest BCUT2D eigenvalue weighted by Crippen LogP contribution is 2.54. The molecule has 0 unspecified atom stereocenters. The van der Waals surface area contributed by atoms with Gasteiger partial charge in [0.25, 0.3) is 0 Å². The largest absolute Gasteiger partial charge is 0.507 e. The molecule has 0 fully saturated rings. The summed E-state index contributed by atoms with van der Waals surface area (Å²) in [6, 6.07) is 61.6. The zero-order valence-corrected chi connectivity index (χ0v) is 33.1. The van der Waals surface area contributed by atoms with E-state index >= 15 is 0 Å². The highest BCUT2D eigenvalue weighted by molar-refractivity contribution is 6.03. The smallest absolute Gasteiger partial charge is 0.149 e. The van der Waals surface area contributed by atoms with Crippen LogP contribution in [0.15, 0.2) is 182 Å². The van der Waals surface area contributed by atoms with E-state index in [1.54, 1.807) is 6.07 Å². The van der Waals surface area contributed by atoms with Gasteiger partial charge in [0.15, 0.2) is 0 Å². The van der Waals surface area contributed by atoms with Crippen molar-refractivity contribution in [2.24, 2.45) is 0 Å². The molecular formula is C54H43N3O. The first kappa shape index (κ1) is 35.4. The van der Waals surface area contributed by atoms with E-state index in [1.807, 2.05) is 42.6 Å². The number of hydrogen-bond donors (Lipinski definition) is 1. The molecule has 0 bridgehead atoms. The van der Waals surface area contributed by atoms with Gasteiger partial charge in [0.1, 0.15) is 11.6 Å². The highest BCUT2D eigenvalue weighted by atomic mass is 16.3. The van der Waals surface area contributed by atoms with Gasteiger partial charge in [-0.25, -0.2) is 4.98 Å². The molecule has 0 saturated heterocycles. The number of phenols is 1. The first-order valence-electron chi connectivity index (χ1n) is 20.0. The predicted octanol–water partition coefficient (Wildman–Crippen LogP) is 13.4. The molecule has 4 nitrogen and oxygen atoms in total. The van der Waals surface area contributed by atoms with Crippen molar-refractivity contribution >= 4 is 11.0 Å². The molecule has 10 rings (SSSR count). The van der Waals surface area contributed by atoms with Crippen molar-refractivity contribution in [1.29, 1.82) is 0 Å². The lowest BCUT2D eigenvalue weighted by molar-refractivity contribution is 0.477. The summed E-state index contributed by atoms with van der Waals surface area (Å²) >= 11 is 0. The monoisotopic (exact) mass is 749 g/mol. The minimum atomic E-state index is -0.242. The van der Waals surface area contributed by atoms with Gasteiger partial charge >= 0.3 is 0 Å². The topological polar surface area (TPSA) is 50.9 Å². The van der Waals surface area contributed by atoms with Gasteiger partial charge in [0, 0.05) is 33.8 Å². The second-order valence-electron chi connectivity index (χ2n) is 16.4. The normalized spacial score (nSPS) is 13.0. The Morgan fingerprint density at radius 2 is 1.19 bits per heavy atom. The number of pyridine rings is 1. The standard InChI is InChI=1S/C54H43N3O/c1-53(2,38-16-7-5-8-17-38)39-28-26-35(27-29-39)36-30-31-55-47(34-36)37-32-44(50-42-20-11-13-23-45(42)54(3,4)46(50)33-37)41-22-15-24-48-51(41)56-52(43-21-12-14-25-49(43)58)57(48)40-18-9-6-10-19-40/h5-34,58H,1-4H3. The average Bonchev–Trinajstić information content (AvgIpc) is 3.77. The van der Waals surface area contributed by atoms with E-state index in [-0.39, 0.29) is 16.6 Å². The van der Waals surface area contributed by atoms with Crippen molar-refractivity contribution in [1.82, 2.24) is 14.5 Å². The molecule has 1 aliphatic rings. The highest BCUT2D eigenvalue weighted by Gasteiger charge is 2.38. The molecule has 0 aliphatic heterocycles.